The SMILES string of the molecule is CC(=O)Nc1ccc(NC(=O)COC(=O)CC2CCCC2)cc1. The van der Waals surface area contributed by atoms with Crippen molar-refractivity contribution in [1.82, 2.24) is 0 Å². The molecule has 1 aliphatic rings. The Balaban J connectivity index is 1.71. The molecule has 6 heteroatoms. The van der Waals surface area contributed by atoms with Crippen molar-refractivity contribution in [3.63, 3.8) is 0 Å². The standard InChI is InChI=1S/C17H22N2O4/c1-12(20)18-14-6-8-15(9-7-14)19-16(21)11-23-17(22)10-13-4-2-3-5-13/h6-9,13H,2-5,10-11H2,1H3,(H,18,20)(H,19,21). The van der Waals surface area contributed by atoms with Gasteiger partial charge in [-0.3, -0.25) is 14.4 Å². The molecular formula is C17H22N2O4. The van der Waals surface area contributed by atoms with Crippen LogP contribution in [-0.4, -0.2) is 24.4 Å². The summed E-state index contributed by atoms with van der Waals surface area (Å²) in [5.74, 6) is -0.437. The van der Waals surface area contributed by atoms with E-state index in [4.69, 9.17) is 4.74 Å². The van der Waals surface area contributed by atoms with Gasteiger partial charge in [-0.2, -0.15) is 0 Å². The molecule has 2 rings (SSSR count). The van der Waals surface area contributed by atoms with Crippen LogP contribution in [0, 0.1) is 5.92 Å². The molecule has 0 spiro atoms. The van der Waals surface area contributed by atoms with Crippen molar-refractivity contribution in [2.24, 2.45) is 5.92 Å². The van der Waals surface area contributed by atoms with Gasteiger partial charge in [0, 0.05) is 24.7 Å². The Bertz CT molecular complexity index is 562. The molecule has 2 N–H and O–H groups in total. The molecular weight excluding hydrogens is 296 g/mol. The summed E-state index contributed by atoms with van der Waals surface area (Å²) in [6.07, 6.45) is 4.89. The van der Waals surface area contributed by atoms with Crippen LogP contribution < -0.4 is 10.6 Å². The number of rotatable bonds is 6. The average Bonchev–Trinajstić information content (AvgIpc) is 2.99. The van der Waals surface area contributed by atoms with Crippen molar-refractivity contribution in [2.75, 3.05) is 17.2 Å². The van der Waals surface area contributed by atoms with Gasteiger partial charge >= 0.3 is 5.97 Å². The maximum absolute atomic E-state index is 11.8. The molecule has 0 radical (unpaired) electrons. The third-order valence-corrected chi connectivity index (χ3v) is 3.78. The average molecular weight is 318 g/mol. The van der Waals surface area contributed by atoms with Gasteiger partial charge in [-0.05, 0) is 43.0 Å². The summed E-state index contributed by atoms with van der Waals surface area (Å²) in [5, 5.41) is 5.28. The molecule has 0 saturated heterocycles. The van der Waals surface area contributed by atoms with Crippen LogP contribution in [0.15, 0.2) is 24.3 Å². The first kappa shape index (κ1) is 17.0. The van der Waals surface area contributed by atoms with E-state index in [1.165, 1.54) is 19.8 Å². The van der Waals surface area contributed by atoms with Gasteiger partial charge in [-0.25, -0.2) is 0 Å². The summed E-state index contributed by atoms with van der Waals surface area (Å²) in [5.41, 5.74) is 1.23. The Morgan fingerprint density at radius 1 is 1.04 bits per heavy atom. The van der Waals surface area contributed by atoms with Crippen molar-refractivity contribution < 1.29 is 19.1 Å². The van der Waals surface area contributed by atoms with Crippen molar-refractivity contribution in [3.8, 4) is 0 Å². The molecule has 1 aliphatic carbocycles. The lowest BCUT2D eigenvalue weighted by atomic mass is 10.1. The highest BCUT2D eigenvalue weighted by molar-refractivity contribution is 5.93. The first-order valence-corrected chi connectivity index (χ1v) is 7.86. The number of benzene rings is 1. The largest absolute Gasteiger partial charge is 0.456 e. The van der Waals surface area contributed by atoms with Gasteiger partial charge in [-0.15, -0.1) is 0 Å². The van der Waals surface area contributed by atoms with E-state index in [1.807, 2.05) is 0 Å². The molecule has 124 valence electrons. The number of nitrogens with one attached hydrogen (secondary N) is 2. The molecule has 23 heavy (non-hydrogen) atoms. The highest BCUT2D eigenvalue weighted by Crippen LogP contribution is 2.27. The van der Waals surface area contributed by atoms with Crippen LogP contribution in [0.5, 0.6) is 0 Å². The lowest BCUT2D eigenvalue weighted by molar-refractivity contribution is -0.148. The normalized spacial score (nSPS) is 14.3. The number of amides is 2. The minimum Gasteiger partial charge on any atom is -0.456 e. The third-order valence-electron chi connectivity index (χ3n) is 3.78. The Kier molecular flexibility index (Phi) is 6.14. The van der Waals surface area contributed by atoms with Crippen LogP contribution in [0.3, 0.4) is 0 Å². The van der Waals surface area contributed by atoms with Crippen LogP contribution in [0.1, 0.15) is 39.0 Å². The lowest BCUT2D eigenvalue weighted by Gasteiger charge is -2.10. The van der Waals surface area contributed by atoms with E-state index >= 15 is 0 Å². The third kappa shape index (κ3) is 6.10. The number of esters is 1. The molecule has 1 aromatic rings. The summed E-state index contributed by atoms with van der Waals surface area (Å²) in [4.78, 5) is 34.3. The second-order valence-corrected chi connectivity index (χ2v) is 5.82. The summed E-state index contributed by atoms with van der Waals surface area (Å²) in [7, 11) is 0. The number of hydrogen-bond donors (Lipinski definition) is 2. The number of carbonyl (C=O) groups excluding carboxylic acids is 3. The zero-order chi connectivity index (χ0) is 16.7. The zero-order valence-electron chi connectivity index (χ0n) is 13.3. The quantitative estimate of drug-likeness (QED) is 0.790. The topological polar surface area (TPSA) is 84.5 Å². The predicted molar refractivity (Wildman–Crippen MR) is 86.9 cm³/mol. The van der Waals surface area contributed by atoms with Crippen molar-refractivity contribution in [2.45, 2.75) is 39.0 Å². The molecule has 2 amide bonds. The fourth-order valence-electron chi connectivity index (χ4n) is 2.69. The van der Waals surface area contributed by atoms with Gasteiger partial charge in [0.15, 0.2) is 6.61 Å². The molecule has 6 nitrogen and oxygen atoms in total. The fourth-order valence-corrected chi connectivity index (χ4v) is 2.69. The van der Waals surface area contributed by atoms with Crippen LogP contribution in [0.2, 0.25) is 0 Å². The van der Waals surface area contributed by atoms with Gasteiger partial charge in [0.25, 0.3) is 5.91 Å². The lowest BCUT2D eigenvalue weighted by Crippen LogP contribution is -2.21. The van der Waals surface area contributed by atoms with Gasteiger partial charge in [0.1, 0.15) is 0 Å². The monoisotopic (exact) mass is 318 g/mol. The van der Waals surface area contributed by atoms with Crippen molar-refractivity contribution in [1.29, 1.82) is 0 Å². The van der Waals surface area contributed by atoms with Crippen LogP contribution in [0.4, 0.5) is 11.4 Å². The van der Waals surface area contributed by atoms with E-state index in [-0.39, 0.29) is 24.4 Å². The highest BCUT2D eigenvalue weighted by Gasteiger charge is 2.19. The minimum atomic E-state index is -0.378. The molecule has 0 bridgehead atoms. The maximum Gasteiger partial charge on any atom is 0.306 e. The fraction of sp³-hybridized carbons (Fsp3) is 0.471. The number of hydrogen-bond acceptors (Lipinski definition) is 4. The maximum atomic E-state index is 11.8. The molecule has 0 aromatic heterocycles. The first-order chi connectivity index (χ1) is 11.0. The van der Waals surface area contributed by atoms with E-state index in [0.29, 0.717) is 23.7 Å². The second kappa shape index (κ2) is 8.31. The number of ether oxygens (including phenoxy) is 1. The Labute approximate surface area is 135 Å². The van der Waals surface area contributed by atoms with Crippen LogP contribution >= 0.6 is 0 Å². The molecule has 0 unspecified atom stereocenters. The van der Waals surface area contributed by atoms with E-state index in [1.54, 1.807) is 24.3 Å². The van der Waals surface area contributed by atoms with Gasteiger partial charge in [0.2, 0.25) is 5.91 Å². The van der Waals surface area contributed by atoms with E-state index in [0.717, 1.165) is 12.8 Å². The van der Waals surface area contributed by atoms with Crippen molar-refractivity contribution >= 4 is 29.2 Å². The van der Waals surface area contributed by atoms with E-state index in [9.17, 15) is 14.4 Å². The summed E-state index contributed by atoms with van der Waals surface area (Å²) < 4.78 is 5.01. The van der Waals surface area contributed by atoms with E-state index < -0.39 is 0 Å². The Morgan fingerprint density at radius 2 is 1.61 bits per heavy atom. The van der Waals surface area contributed by atoms with Crippen LogP contribution in [-0.2, 0) is 19.1 Å². The molecule has 1 aromatic carbocycles. The highest BCUT2D eigenvalue weighted by atomic mass is 16.5. The molecule has 0 atom stereocenters. The van der Waals surface area contributed by atoms with E-state index in [2.05, 4.69) is 10.6 Å². The predicted octanol–water partition coefficient (Wildman–Crippen LogP) is 2.71. The Morgan fingerprint density at radius 3 is 2.17 bits per heavy atom. The first-order valence-electron chi connectivity index (χ1n) is 7.86. The van der Waals surface area contributed by atoms with Crippen molar-refractivity contribution in [3.05, 3.63) is 24.3 Å². The number of carbonyl (C=O) groups is 3. The van der Waals surface area contributed by atoms with Gasteiger partial charge in [0.05, 0.1) is 0 Å². The van der Waals surface area contributed by atoms with Gasteiger partial charge in [-0.1, -0.05) is 12.8 Å². The van der Waals surface area contributed by atoms with Gasteiger partial charge < -0.3 is 15.4 Å². The zero-order valence-corrected chi connectivity index (χ0v) is 13.3. The molecule has 1 saturated carbocycles. The summed E-state index contributed by atoms with van der Waals surface area (Å²) in [6, 6.07) is 6.71. The smallest absolute Gasteiger partial charge is 0.306 e. The Hall–Kier alpha value is -2.37. The minimum absolute atomic E-state index is 0.157. The van der Waals surface area contributed by atoms with Crippen LogP contribution in [0.25, 0.3) is 0 Å². The molecule has 0 aliphatic heterocycles. The number of anilines is 2. The summed E-state index contributed by atoms with van der Waals surface area (Å²) in [6.45, 7) is 1.15. The summed E-state index contributed by atoms with van der Waals surface area (Å²) >= 11 is 0. The molecule has 1 fully saturated rings. The molecule has 0 heterocycles. The second-order valence-electron chi connectivity index (χ2n) is 5.82.